The van der Waals surface area contributed by atoms with Crippen LogP contribution in [0.2, 0.25) is 0 Å². The molecule has 1 saturated carbocycles. The first-order valence-electron chi connectivity index (χ1n) is 13.9. The van der Waals surface area contributed by atoms with Crippen LogP contribution in [0, 0.1) is 17.8 Å². The Bertz CT molecular complexity index is 488. The van der Waals surface area contributed by atoms with E-state index < -0.39 is 17.8 Å². The second-order valence-electron chi connectivity index (χ2n) is 10.5. The molecule has 0 radical (unpaired) electrons. The fourth-order valence-electron chi connectivity index (χ4n) is 5.01. The Hall–Kier alpha value is -1.06. The fourth-order valence-corrected chi connectivity index (χ4v) is 5.01. The van der Waals surface area contributed by atoms with Crippen LogP contribution in [-0.2, 0) is 14.3 Å². The number of carboxylic acid groups (broad SMARTS) is 1. The number of carboxylic acids is 1. The smallest absolute Gasteiger partial charge is 0.310 e. The maximum Gasteiger partial charge on any atom is 0.310 e. The molecule has 0 spiro atoms. The number of unbranched alkanes of at least 4 members (excludes halogenated alkanes) is 10. The van der Waals surface area contributed by atoms with E-state index in [1.165, 1.54) is 64.2 Å². The largest absolute Gasteiger partial charge is 0.481 e. The third-order valence-electron chi connectivity index (χ3n) is 7.11. The Balaban J connectivity index is 2.33. The molecule has 1 N–H and O–H groups in total. The Morgan fingerprint density at radius 1 is 0.750 bits per heavy atom. The average Bonchev–Trinajstić information content (AvgIpc) is 2.76. The molecule has 4 heteroatoms. The van der Waals surface area contributed by atoms with Gasteiger partial charge in [0.2, 0.25) is 0 Å². The summed E-state index contributed by atoms with van der Waals surface area (Å²) in [5.41, 5.74) is 0. The van der Waals surface area contributed by atoms with Gasteiger partial charge in [-0.2, -0.15) is 0 Å². The van der Waals surface area contributed by atoms with Crippen molar-refractivity contribution in [2.45, 2.75) is 149 Å². The summed E-state index contributed by atoms with van der Waals surface area (Å²) in [5, 5.41) is 9.50. The number of carbonyl (C=O) groups is 2. The maximum atomic E-state index is 12.8. The molecule has 0 saturated heterocycles. The molecule has 188 valence electrons. The van der Waals surface area contributed by atoms with Gasteiger partial charge >= 0.3 is 11.9 Å². The Morgan fingerprint density at radius 2 is 1.25 bits per heavy atom. The summed E-state index contributed by atoms with van der Waals surface area (Å²) in [6.45, 7) is 6.72. The molecule has 0 aromatic heterocycles. The number of hydrogen-bond acceptors (Lipinski definition) is 3. The lowest BCUT2D eigenvalue weighted by atomic mass is 9.79. The van der Waals surface area contributed by atoms with Crippen LogP contribution in [0.25, 0.3) is 0 Å². The minimum atomic E-state index is -0.839. The molecule has 0 aromatic carbocycles. The standard InChI is InChI=1S/C28H52O4/c1-4-5-6-7-8-9-10-11-12-13-14-19-24(20-17-18-23(2)3)32-28(31)26-22-16-15-21-25(26)27(29)30/h23-26H,4-22H2,1-3H3,(H,29,30). The highest BCUT2D eigenvalue weighted by Crippen LogP contribution is 2.32. The summed E-state index contributed by atoms with van der Waals surface area (Å²) in [4.78, 5) is 24.4. The van der Waals surface area contributed by atoms with Crippen molar-refractivity contribution < 1.29 is 19.4 Å². The molecular formula is C28H52O4. The van der Waals surface area contributed by atoms with E-state index in [9.17, 15) is 14.7 Å². The van der Waals surface area contributed by atoms with E-state index in [4.69, 9.17) is 4.74 Å². The maximum absolute atomic E-state index is 12.8. The Morgan fingerprint density at radius 3 is 1.78 bits per heavy atom. The molecular weight excluding hydrogens is 400 g/mol. The van der Waals surface area contributed by atoms with Gasteiger partial charge in [0.05, 0.1) is 11.8 Å². The summed E-state index contributed by atoms with van der Waals surface area (Å²) in [5.74, 6) is -1.45. The molecule has 0 amide bonds. The van der Waals surface area contributed by atoms with Crippen LogP contribution in [0.1, 0.15) is 143 Å². The van der Waals surface area contributed by atoms with Crippen LogP contribution >= 0.6 is 0 Å². The number of rotatable bonds is 19. The molecule has 3 unspecified atom stereocenters. The Kier molecular flexibility index (Phi) is 16.6. The molecule has 3 atom stereocenters. The van der Waals surface area contributed by atoms with Crippen LogP contribution < -0.4 is 0 Å². The van der Waals surface area contributed by atoms with Gasteiger partial charge in [-0.1, -0.05) is 104 Å². The SMILES string of the molecule is CCCCCCCCCCCCCC(CCCC(C)C)OC(=O)C1CCCCC1C(=O)O. The topological polar surface area (TPSA) is 63.6 Å². The van der Waals surface area contributed by atoms with Gasteiger partial charge in [-0.05, 0) is 44.4 Å². The third kappa shape index (κ3) is 13.5. The van der Waals surface area contributed by atoms with Crippen molar-refractivity contribution in [1.82, 2.24) is 0 Å². The van der Waals surface area contributed by atoms with Crippen molar-refractivity contribution in [2.24, 2.45) is 17.8 Å². The zero-order chi connectivity index (χ0) is 23.6. The van der Waals surface area contributed by atoms with E-state index in [0.29, 0.717) is 18.8 Å². The minimum absolute atomic E-state index is 0.0452. The molecule has 1 aliphatic carbocycles. The lowest BCUT2D eigenvalue weighted by molar-refractivity contribution is -0.164. The minimum Gasteiger partial charge on any atom is -0.481 e. The second kappa shape index (κ2) is 18.4. The van der Waals surface area contributed by atoms with Gasteiger partial charge in [-0.3, -0.25) is 9.59 Å². The fraction of sp³-hybridized carbons (Fsp3) is 0.929. The lowest BCUT2D eigenvalue weighted by Crippen LogP contribution is -2.35. The van der Waals surface area contributed by atoms with Gasteiger partial charge in [0.25, 0.3) is 0 Å². The van der Waals surface area contributed by atoms with E-state index in [2.05, 4.69) is 20.8 Å². The summed E-state index contributed by atoms with van der Waals surface area (Å²) < 4.78 is 5.94. The van der Waals surface area contributed by atoms with Crippen LogP contribution in [0.15, 0.2) is 0 Å². The van der Waals surface area contributed by atoms with Crippen molar-refractivity contribution in [3.05, 3.63) is 0 Å². The van der Waals surface area contributed by atoms with E-state index in [1.54, 1.807) is 0 Å². The number of carbonyl (C=O) groups excluding carboxylic acids is 1. The molecule has 1 rings (SSSR count). The van der Waals surface area contributed by atoms with Gasteiger partial charge in [0, 0.05) is 0 Å². The summed E-state index contributed by atoms with van der Waals surface area (Å²) in [6, 6.07) is 0. The monoisotopic (exact) mass is 452 g/mol. The molecule has 32 heavy (non-hydrogen) atoms. The lowest BCUT2D eigenvalue weighted by Gasteiger charge is -2.29. The summed E-state index contributed by atoms with van der Waals surface area (Å²) in [7, 11) is 0. The van der Waals surface area contributed by atoms with Crippen LogP contribution in [0.5, 0.6) is 0 Å². The predicted octanol–water partition coefficient (Wildman–Crippen LogP) is 8.32. The van der Waals surface area contributed by atoms with Crippen molar-refractivity contribution in [2.75, 3.05) is 0 Å². The van der Waals surface area contributed by atoms with E-state index >= 15 is 0 Å². The highest BCUT2D eigenvalue weighted by atomic mass is 16.5. The van der Waals surface area contributed by atoms with E-state index in [-0.39, 0.29) is 12.1 Å². The van der Waals surface area contributed by atoms with Crippen LogP contribution in [0.4, 0.5) is 0 Å². The van der Waals surface area contributed by atoms with Gasteiger partial charge in [0.15, 0.2) is 0 Å². The molecule has 1 fully saturated rings. The zero-order valence-electron chi connectivity index (χ0n) is 21.4. The quantitative estimate of drug-likeness (QED) is 0.158. The van der Waals surface area contributed by atoms with Gasteiger partial charge in [-0.25, -0.2) is 0 Å². The van der Waals surface area contributed by atoms with E-state index in [1.807, 2.05) is 0 Å². The highest BCUT2D eigenvalue weighted by Gasteiger charge is 2.37. The zero-order valence-corrected chi connectivity index (χ0v) is 21.4. The second-order valence-corrected chi connectivity index (χ2v) is 10.5. The van der Waals surface area contributed by atoms with Crippen molar-refractivity contribution in [3.63, 3.8) is 0 Å². The summed E-state index contributed by atoms with van der Waals surface area (Å²) in [6.07, 6.45) is 21.5. The number of ether oxygens (including phenoxy) is 1. The first kappa shape index (κ1) is 29.0. The van der Waals surface area contributed by atoms with Gasteiger partial charge in [-0.15, -0.1) is 0 Å². The molecule has 0 heterocycles. The van der Waals surface area contributed by atoms with Crippen molar-refractivity contribution >= 4 is 11.9 Å². The summed E-state index contributed by atoms with van der Waals surface area (Å²) >= 11 is 0. The molecule has 0 aliphatic heterocycles. The molecule has 4 nitrogen and oxygen atoms in total. The number of hydrogen-bond donors (Lipinski definition) is 1. The first-order chi connectivity index (χ1) is 15.5. The average molecular weight is 453 g/mol. The van der Waals surface area contributed by atoms with Crippen LogP contribution in [-0.4, -0.2) is 23.1 Å². The predicted molar refractivity (Wildman–Crippen MR) is 133 cm³/mol. The number of aliphatic carboxylic acids is 1. The van der Waals surface area contributed by atoms with Gasteiger partial charge in [0.1, 0.15) is 6.10 Å². The van der Waals surface area contributed by atoms with Crippen molar-refractivity contribution in [1.29, 1.82) is 0 Å². The van der Waals surface area contributed by atoms with Crippen molar-refractivity contribution in [3.8, 4) is 0 Å². The Labute approximate surface area is 198 Å². The number of esters is 1. The van der Waals surface area contributed by atoms with Gasteiger partial charge < -0.3 is 9.84 Å². The van der Waals surface area contributed by atoms with E-state index in [0.717, 1.165) is 44.9 Å². The normalized spacial score (nSPS) is 19.8. The molecule has 0 aromatic rings. The first-order valence-corrected chi connectivity index (χ1v) is 13.9. The molecule has 0 bridgehead atoms. The van der Waals surface area contributed by atoms with Crippen LogP contribution in [0.3, 0.4) is 0 Å². The highest BCUT2D eigenvalue weighted by molar-refractivity contribution is 5.81. The third-order valence-corrected chi connectivity index (χ3v) is 7.11. The molecule has 1 aliphatic rings.